The van der Waals surface area contributed by atoms with Crippen LogP contribution in [-0.4, -0.2) is 30.6 Å². The highest BCUT2D eigenvalue weighted by Crippen LogP contribution is 2.13. The number of guanidine groups is 1. The normalized spacial score (nSPS) is 11.1. The van der Waals surface area contributed by atoms with E-state index in [4.69, 9.17) is 4.52 Å². The van der Waals surface area contributed by atoms with E-state index in [1.165, 1.54) is 0 Å². The Balaban J connectivity index is 0.00000364. The van der Waals surface area contributed by atoms with Crippen molar-refractivity contribution in [3.05, 3.63) is 52.9 Å². The van der Waals surface area contributed by atoms with Crippen LogP contribution in [0.5, 0.6) is 0 Å². The largest absolute Gasteiger partial charge is 0.359 e. The molecule has 7 nitrogen and oxygen atoms in total. The average Bonchev–Trinajstić information content (AvgIpc) is 3.13. The zero-order valence-electron chi connectivity index (χ0n) is 16.2. The lowest BCUT2D eigenvalue weighted by Gasteiger charge is -2.10. The molecule has 1 aromatic heterocycles. The Morgan fingerprint density at radius 2 is 1.93 bits per heavy atom. The van der Waals surface area contributed by atoms with Crippen LogP contribution in [0.3, 0.4) is 0 Å². The maximum atomic E-state index is 11.6. The molecule has 0 fully saturated rings. The first-order valence-electron chi connectivity index (χ1n) is 8.82. The van der Waals surface area contributed by atoms with Gasteiger partial charge in [-0.05, 0) is 30.5 Å². The van der Waals surface area contributed by atoms with Gasteiger partial charge in [-0.2, -0.15) is 0 Å². The van der Waals surface area contributed by atoms with Gasteiger partial charge in [-0.1, -0.05) is 31.1 Å². The molecule has 8 heteroatoms. The molecule has 1 amide bonds. The maximum Gasteiger partial charge on any atom is 0.251 e. The van der Waals surface area contributed by atoms with E-state index < -0.39 is 0 Å². The number of amides is 1. The van der Waals surface area contributed by atoms with Crippen molar-refractivity contribution < 1.29 is 9.32 Å². The van der Waals surface area contributed by atoms with Gasteiger partial charge in [0.2, 0.25) is 0 Å². The van der Waals surface area contributed by atoms with Gasteiger partial charge in [0.25, 0.3) is 5.91 Å². The third-order valence-corrected chi connectivity index (χ3v) is 3.81. The van der Waals surface area contributed by atoms with Crippen LogP contribution in [0.25, 0.3) is 0 Å². The lowest BCUT2D eigenvalue weighted by Crippen LogP contribution is -2.36. The van der Waals surface area contributed by atoms with E-state index in [-0.39, 0.29) is 29.9 Å². The van der Waals surface area contributed by atoms with E-state index >= 15 is 0 Å². The molecule has 2 aromatic rings. The summed E-state index contributed by atoms with van der Waals surface area (Å²) in [5.41, 5.74) is 2.60. The highest BCUT2D eigenvalue weighted by atomic mass is 127. The van der Waals surface area contributed by atoms with Crippen molar-refractivity contribution in [3.63, 3.8) is 0 Å². The number of nitrogens with zero attached hydrogens (tertiary/aromatic N) is 2. The monoisotopic (exact) mass is 485 g/mol. The molecule has 2 rings (SSSR count). The van der Waals surface area contributed by atoms with Crippen molar-refractivity contribution in [1.29, 1.82) is 0 Å². The standard InChI is InChI=1S/C19H27N5O2.HI/c1-5-21-19(23-12-16-10-17(13(2)3)24-26-16)22-11-14-6-8-15(9-7-14)18(25)20-4;/h6-10,13H,5,11-12H2,1-4H3,(H,20,25)(H2,21,22,23);1H. The molecule has 0 radical (unpaired) electrons. The Labute approximate surface area is 177 Å². The fraction of sp³-hybridized carbons (Fsp3) is 0.421. The van der Waals surface area contributed by atoms with Crippen LogP contribution in [0, 0.1) is 0 Å². The van der Waals surface area contributed by atoms with E-state index in [1.807, 2.05) is 25.1 Å². The van der Waals surface area contributed by atoms with Gasteiger partial charge >= 0.3 is 0 Å². The summed E-state index contributed by atoms with van der Waals surface area (Å²) in [7, 11) is 1.62. The third-order valence-electron chi connectivity index (χ3n) is 3.81. The second-order valence-electron chi connectivity index (χ2n) is 6.20. The van der Waals surface area contributed by atoms with E-state index in [1.54, 1.807) is 19.2 Å². The number of nitrogens with one attached hydrogen (secondary N) is 3. The molecule has 0 aliphatic heterocycles. The fourth-order valence-corrected chi connectivity index (χ4v) is 2.27. The molecule has 148 valence electrons. The zero-order valence-corrected chi connectivity index (χ0v) is 18.5. The molecule has 0 aliphatic rings. The maximum absolute atomic E-state index is 11.6. The second-order valence-corrected chi connectivity index (χ2v) is 6.20. The Morgan fingerprint density at radius 3 is 2.48 bits per heavy atom. The van der Waals surface area contributed by atoms with Crippen LogP contribution in [-0.2, 0) is 13.1 Å². The zero-order chi connectivity index (χ0) is 18.9. The van der Waals surface area contributed by atoms with Gasteiger partial charge in [0.15, 0.2) is 11.7 Å². The molecular formula is C19H28IN5O2. The highest BCUT2D eigenvalue weighted by molar-refractivity contribution is 14.0. The summed E-state index contributed by atoms with van der Waals surface area (Å²) in [6, 6.07) is 9.36. The van der Waals surface area contributed by atoms with Crippen LogP contribution in [0.15, 0.2) is 39.8 Å². The Hall–Kier alpha value is -2.10. The van der Waals surface area contributed by atoms with Gasteiger partial charge in [0, 0.05) is 25.2 Å². The minimum absolute atomic E-state index is 0. The number of hydrogen-bond acceptors (Lipinski definition) is 4. The van der Waals surface area contributed by atoms with Crippen LogP contribution < -0.4 is 16.0 Å². The number of hydrogen-bond donors (Lipinski definition) is 3. The minimum Gasteiger partial charge on any atom is -0.359 e. The van der Waals surface area contributed by atoms with Gasteiger partial charge in [-0.3, -0.25) is 4.79 Å². The number of rotatable bonds is 7. The van der Waals surface area contributed by atoms with Crippen molar-refractivity contribution in [2.75, 3.05) is 13.6 Å². The van der Waals surface area contributed by atoms with Crippen molar-refractivity contribution in [1.82, 2.24) is 21.1 Å². The van der Waals surface area contributed by atoms with Crippen LogP contribution in [0.1, 0.15) is 54.1 Å². The van der Waals surface area contributed by atoms with Crippen molar-refractivity contribution in [3.8, 4) is 0 Å². The summed E-state index contributed by atoms with van der Waals surface area (Å²) in [6.07, 6.45) is 0. The van der Waals surface area contributed by atoms with E-state index in [0.717, 1.165) is 23.6 Å². The number of carbonyl (C=O) groups is 1. The van der Waals surface area contributed by atoms with Crippen LogP contribution in [0.2, 0.25) is 0 Å². The molecule has 0 saturated heterocycles. The molecule has 0 bridgehead atoms. The van der Waals surface area contributed by atoms with Gasteiger partial charge in [-0.25, -0.2) is 4.99 Å². The first-order valence-corrected chi connectivity index (χ1v) is 8.82. The first-order chi connectivity index (χ1) is 12.5. The Morgan fingerprint density at radius 1 is 1.22 bits per heavy atom. The summed E-state index contributed by atoms with van der Waals surface area (Å²) >= 11 is 0. The SMILES string of the molecule is CCNC(=NCc1ccc(C(=O)NC)cc1)NCc1cc(C(C)C)no1.I. The van der Waals surface area contributed by atoms with Gasteiger partial charge in [0.1, 0.15) is 0 Å². The van der Waals surface area contributed by atoms with Crippen molar-refractivity contribution in [2.45, 2.75) is 39.8 Å². The summed E-state index contributed by atoms with van der Waals surface area (Å²) in [5.74, 6) is 1.72. The van der Waals surface area contributed by atoms with Gasteiger partial charge in [0.05, 0.1) is 18.8 Å². The second kappa shape index (κ2) is 11.6. The molecule has 0 atom stereocenters. The summed E-state index contributed by atoms with van der Waals surface area (Å²) in [4.78, 5) is 16.1. The summed E-state index contributed by atoms with van der Waals surface area (Å²) in [5, 5.41) is 13.1. The van der Waals surface area contributed by atoms with Crippen LogP contribution in [0.4, 0.5) is 0 Å². The summed E-state index contributed by atoms with van der Waals surface area (Å²) < 4.78 is 5.33. The number of carbonyl (C=O) groups excluding carboxylic acids is 1. The molecule has 27 heavy (non-hydrogen) atoms. The number of benzene rings is 1. The predicted molar refractivity (Wildman–Crippen MR) is 117 cm³/mol. The lowest BCUT2D eigenvalue weighted by molar-refractivity contribution is 0.0963. The highest BCUT2D eigenvalue weighted by Gasteiger charge is 2.08. The van der Waals surface area contributed by atoms with Crippen molar-refractivity contribution >= 4 is 35.8 Å². The number of halogens is 1. The number of aliphatic imine (C=N–C) groups is 1. The Bertz CT molecular complexity index is 741. The fourth-order valence-electron chi connectivity index (χ4n) is 2.27. The van der Waals surface area contributed by atoms with E-state index in [9.17, 15) is 4.79 Å². The quantitative estimate of drug-likeness (QED) is 0.319. The van der Waals surface area contributed by atoms with Crippen molar-refractivity contribution in [2.24, 2.45) is 4.99 Å². The smallest absolute Gasteiger partial charge is 0.251 e. The predicted octanol–water partition coefficient (Wildman–Crippen LogP) is 3.03. The molecule has 0 saturated carbocycles. The van der Waals surface area contributed by atoms with E-state index in [0.29, 0.717) is 30.5 Å². The molecular weight excluding hydrogens is 457 g/mol. The topological polar surface area (TPSA) is 91.5 Å². The Kier molecular flexibility index (Phi) is 9.84. The minimum atomic E-state index is -0.0946. The molecule has 3 N–H and O–H groups in total. The third kappa shape index (κ3) is 7.20. The summed E-state index contributed by atoms with van der Waals surface area (Å²) in [6.45, 7) is 7.96. The van der Waals surface area contributed by atoms with E-state index in [2.05, 4.69) is 39.9 Å². The lowest BCUT2D eigenvalue weighted by atomic mass is 10.1. The average molecular weight is 485 g/mol. The molecule has 0 aliphatic carbocycles. The van der Waals surface area contributed by atoms with Crippen LogP contribution >= 0.6 is 24.0 Å². The molecule has 0 unspecified atom stereocenters. The van der Waals surface area contributed by atoms with Gasteiger partial charge in [-0.15, -0.1) is 24.0 Å². The molecule has 1 heterocycles. The van der Waals surface area contributed by atoms with Gasteiger partial charge < -0.3 is 20.5 Å². The molecule has 0 spiro atoms. The molecule has 1 aromatic carbocycles. The first kappa shape index (κ1) is 22.9. The number of aromatic nitrogens is 1.